The molecule has 21 heavy (non-hydrogen) atoms. The van der Waals surface area contributed by atoms with Crippen molar-refractivity contribution in [3.05, 3.63) is 51.5 Å². The zero-order valence-electron chi connectivity index (χ0n) is 11.1. The van der Waals surface area contributed by atoms with Crippen LogP contribution in [0.15, 0.2) is 40.9 Å². The Morgan fingerprint density at radius 3 is 2.71 bits per heavy atom. The van der Waals surface area contributed by atoms with E-state index >= 15 is 0 Å². The molecule has 3 aromatic rings. The minimum Gasteiger partial charge on any atom is -0.398 e. The van der Waals surface area contributed by atoms with Crippen molar-refractivity contribution < 1.29 is 0 Å². The molecule has 0 radical (unpaired) electrons. The quantitative estimate of drug-likeness (QED) is 0.705. The number of nitrogens with zero attached hydrogens (tertiary/aromatic N) is 4. The Kier molecular flexibility index (Phi) is 3.65. The average molecular weight is 365 g/mol. The van der Waals surface area contributed by atoms with E-state index in [-0.39, 0.29) is 0 Å². The second-order valence-electron chi connectivity index (χ2n) is 4.60. The molecular formula is C14H11BrClN5. The van der Waals surface area contributed by atoms with Gasteiger partial charge in [-0.3, -0.25) is 0 Å². The number of halogens is 2. The van der Waals surface area contributed by atoms with Crippen LogP contribution in [0.2, 0.25) is 5.02 Å². The van der Waals surface area contributed by atoms with Crippen molar-refractivity contribution in [2.75, 3.05) is 5.73 Å². The maximum absolute atomic E-state index is 6.02. The Labute approximate surface area is 134 Å². The Bertz CT molecular complexity index is 749. The minimum atomic E-state index is 0.529. The molecule has 0 spiro atoms. The van der Waals surface area contributed by atoms with Gasteiger partial charge in [-0.2, -0.15) is 4.68 Å². The number of hydrogen-bond donors (Lipinski definition) is 1. The molecule has 0 atom stereocenters. The number of aromatic nitrogens is 4. The third-order valence-corrected chi connectivity index (χ3v) is 3.93. The highest BCUT2D eigenvalue weighted by Crippen LogP contribution is 2.30. The lowest BCUT2D eigenvalue weighted by atomic mass is 10.1. The van der Waals surface area contributed by atoms with E-state index in [1.807, 2.05) is 31.2 Å². The molecule has 0 unspecified atom stereocenters. The van der Waals surface area contributed by atoms with Crippen LogP contribution in [0.25, 0.3) is 17.1 Å². The van der Waals surface area contributed by atoms with Crippen LogP contribution in [-0.4, -0.2) is 20.2 Å². The van der Waals surface area contributed by atoms with Crippen molar-refractivity contribution in [3.8, 4) is 17.1 Å². The molecule has 0 aliphatic heterocycles. The number of benzene rings is 2. The maximum atomic E-state index is 6.02. The zero-order chi connectivity index (χ0) is 15.0. The molecule has 2 aromatic carbocycles. The number of rotatable bonds is 2. The van der Waals surface area contributed by atoms with Crippen molar-refractivity contribution >= 4 is 33.2 Å². The van der Waals surface area contributed by atoms with Crippen LogP contribution >= 0.6 is 27.5 Å². The maximum Gasteiger partial charge on any atom is 0.189 e. The summed E-state index contributed by atoms with van der Waals surface area (Å²) in [5.74, 6) is 0.564. The largest absolute Gasteiger partial charge is 0.398 e. The van der Waals surface area contributed by atoms with E-state index in [9.17, 15) is 0 Å². The van der Waals surface area contributed by atoms with Crippen LogP contribution in [0, 0.1) is 6.92 Å². The predicted octanol–water partition coefficient (Wildman–Crippen LogP) is 3.64. The van der Waals surface area contributed by atoms with Gasteiger partial charge in [-0.1, -0.05) is 17.7 Å². The molecule has 0 saturated heterocycles. The van der Waals surface area contributed by atoms with Gasteiger partial charge < -0.3 is 5.73 Å². The fraction of sp³-hybridized carbons (Fsp3) is 0.0714. The first-order chi connectivity index (χ1) is 10.1. The fourth-order valence-corrected chi connectivity index (χ4v) is 2.88. The number of tetrazole rings is 1. The highest BCUT2D eigenvalue weighted by molar-refractivity contribution is 9.10. The highest BCUT2D eigenvalue weighted by Gasteiger charge is 2.15. The van der Waals surface area contributed by atoms with Crippen LogP contribution < -0.4 is 5.73 Å². The first kappa shape index (κ1) is 14.0. The Morgan fingerprint density at radius 2 is 2.00 bits per heavy atom. The molecule has 106 valence electrons. The molecule has 7 heteroatoms. The van der Waals surface area contributed by atoms with Crippen molar-refractivity contribution in [2.45, 2.75) is 6.92 Å². The average Bonchev–Trinajstić information content (AvgIpc) is 2.87. The Hall–Kier alpha value is -1.92. The van der Waals surface area contributed by atoms with Gasteiger partial charge in [0.25, 0.3) is 0 Å². The standard InChI is InChI=1S/C14H11BrClN5/c1-8-2-5-13(11(15)6-8)21-14(18-19-20-21)10-4-3-9(16)7-12(10)17/h2-7H,17H2,1H3. The second kappa shape index (κ2) is 5.46. The van der Waals surface area contributed by atoms with Crippen molar-refractivity contribution in [1.29, 1.82) is 0 Å². The topological polar surface area (TPSA) is 69.6 Å². The minimum absolute atomic E-state index is 0.529. The molecule has 3 rings (SSSR count). The molecule has 0 bridgehead atoms. The SMILES string of the molecule is Cc1ccc(-n2nnnc2-c2ccc(Cl)cc2N)c(Br)c1. The Morgan fingerprint density at radius 1 is 1.19 bits per heavy atom. The molecular weight excluding hydrogens is 354 g/mol. The summed E-state index contributed by atoms with van der Waals surface area (Å²) in [7, 11) is 0. The summed E-state index contributed by atoms with van der Waals surface area (Å²) in [6.07, 6.45) is 0. The normalized spacial score (nSPS) is 10.8. The summed E-state index contributed by atoms with van der Waals surface area (Å²) >= 11 is 9.47. The van der Waals surface area contributed by atoms with Crippen LogP contribution in [-0.2, 0) is 0 Å². The molecule has 1 heterocycles. The van der Waals surface area contributed by atoms with Crippen LogP contribution in [0.5, 0.6) is 0 Å². The molecule has 0 aliphatic rings. The summed E-state index contributed by atoms with van der Waals surface area (Å²) in [4.78, 5) is 0. The van der Waals surface area contributed by atoms with Gasteiger partial charge in [-0.25, -0.2) is 0 Å². The monoisotopic (exact) mass is 363 g/mol. The van der Waals surface area contributed by atoms with Gasteiger partial charge in [0, 0.05) is 20.7 Å². The fourth-order valence-electron chi connectivity index (χ4n) is 2.04. The van der Waals surface area contributed by atoms with Crippen molar-refractivity contribution in [2.24, 2.45) is 0 Å². The number of hydrogen-bond acceptors (Lipinski definition) is 4. The smallest absolute Gasteiger partial charge is 0.189 e. The van der Waals surface area contributed by atoms with Gasteiger partial charge in [0.2, 0.25) is 0 Å². The van der Waals surface area contributed by atoms with Crippen LogP contribution in [0.3, 0.4) is 0 Å². The second-order valence-corrected chi connectivity index (χ2v) is 5.89. The van der Waals surface area contributed by atoms with E-state index in [4.69, 9.17) is 17.3 Å². The van der Waals surface area contributed by atoms with E-state index in [1.54, 1.807) is 16.8 Å². The van der Waals surface area contributed by atoms with E-state index in [0.717, 1.165) is 21.3 Å². The van der Waals surface area contributed by atoms with E-state index in [0.29, 0.717) is 16.5 Å². The number of aryl methyl sites for hydroxylation is 1. The van der Waals surface area contributed by atoms with Gasteiger partial charge >= 0.3 is 0 Å². The van der Waals surface area contributed by atoms with Gasteiger partial charge in [0.1, 0.15) is 0 Å². The highest BCUT2D eigenvalue weighted by atomic mass is 79.9. The van der Waals surface area contributed by atoms with Gasteiger partial charge in [0.05, 0.1) is 5.69 Å². The lowest BCUT2D eigenvalue weighted by Gasteiger charge is -2.09. The molecule has 1 aromatic heterocycles. The summed E-state index contributed by atoms with van der Waals surface area (Å²) in [5.41, 5.74) is 9.27. The van der Waals surface area contributed by atoms with E-state index < -0.39 is 0 Å². The summed E-state index contributed by atoms with van der Waals surface area (Å²) < 4.78 is 2.55. The molecule has 2 N–H and O–H groups in total. The van der Waals surface area contributed by atoms with Crippen molar-refractivity contribution in [1.82, 2.24) is 20.2 Å². The van der Waals surface area contributed by atoms with Gasteiger partial charge in [-0.05, 0) is 69.2 Å². The predicted molar refractivity (Wildman–Crippen MR) is 86.4 cm³/mol. The lowest BCUT2D eigenvalue weighted by molar-refractivity contribution is 0.788. The van der Waals surface area contributed by atoms with Crippen LogP contribution in [0.4, 0.5) is 5.69 Å². The molecule has 5 nitrogen and oxygen atoms in total. The summed E-state index contributed by atoms with van der Waals surface area (Å²) in [6, 6.07) is 11.2. The van der Waals surface area contributed by atoms with Gasteiger partial charge in [-0.15, -0.1) is 5.10 Å². The first-order valence-corrected chi connectivity index (χ1v) is 7.33. The Balaban J connectivity index is 2.17. The molecule has 0 fully saturated rings. The van der Waals surface area contributed by atoms with E-state index in [1.165, 1.54) is 0 Å². The third kappa shape index (κ3) is 2.64. The van der Waals surface area contributed by atoms with Crippen molar-refractivity contribution in [3.63, 3.8) is 0 Å². The van der Waals surface area contributed by atoms with E-state index in [2.05, 4.69) is 31.5 Å². The lowest BCUT2D eigenvalue weighted by Crippen LogP contribution is -2.02. The molecule has 0 saturated carbocycles. The zero-order valence-corrected chi connectivity index (χ0v) is 13.4. The summed E-state index contributed by atoms with van der Waals surface area (Å²) in [6.45, 7) is 2.02. The number of nitrogen functional groups attached to an aromatic ring is 1. The first-order valence-electron chi connectivity index (χ1n) is 6.16. The molecule has 0 aliphatic carbocycles. The summed E-state index contributed by atoms with van der Waals surface area (Å²) in [5, 5.41) is 12.5. The van der Waals surface area contributed by atoms with Gasteiger partial charge in [0.15, 0.2) is 5.82 Å². The number of nitrogens with two attached hydrogens (primary N) is 1. The van der Waals surface area contributed by atoms with Crippen LogP contribution in [0.1, 0.15) is 5.56 Å². The number of anilines is 1. The third-order valence-electron chi connectivity index (χ3n) is 3.06. The molecule has 0 amide bonds.